The number of amides is 9. The Bertz CT molecular complexity index is 6350. The van der Waals surface area contributed by atoms with Gasteiger partial charge in [-0.15, -0.1) is 0 Å². The molecule has 9 amide bonds. The van der Waals surface area contributed by atoms with E-state index in [1.807, 2.05) is 13.8 Å². The standard InChI is InChI=1S/C92H98F2N14O28/c1-7-49-51-28-68(59(93)32-62(51)102-77-53(49)35-107-65(77)30-57-55(84(107)120)42-129-45(5)91(57,127)9-3)133-44-98-89(125)131-41-47-16-19-67(134-87-81(118)79(116)80(117)82(136-87)86(122)123)64(27-47)101-73(112)37-104(6)74(113)22-24-96-71(110)38-105(25-26-106-75(114)20-21-76(106)115)39-72(111)97-34-70(109)100-61(13-11-12-23-95)83(119)99-48-17-14-46(15-18-48)40-132-90(126)135-69-29-52-50(8-2)54-36-108-66(78(54)103-63(52)33-60(69)94)31-58-56(85(108)121)43-130-88(124)92(58,128)10-4/h14-21,27-33,61,79-82,87,116-118,127-128H,5,7-13,22-26,34-44,95H2,1-4,6H3,(H,96,110)(H,97,111)(H,98,125)(H,99,119)(H,100,109)(H,101,112)(H,122,123)/t61-,79-,80-,81+,82-,87+,91+,92-/m0/s1. The zero-order valence-corrected chi connectivity index (χ0v) is 74.2. The van der Waals surface area contributed by atoms with E-state index >= 15 is 8.78 Å². The summed E-state index contributed by atoms with van der Waals surface area (Å²) >= 11 is 0. The number of hydrogen-bond acceptors (Lipinski definition) is 31. The zero-order valence-electron chi connectivity index (χ0n) is 74.2. The summed E-state index contributed by atoms with van der Waals surface area (Å²) in [5.74, 6) is -11.5. The number of aliphatic hydroxyl groups excluding tert-OH is 3. The summed E-state index contributed by atoms with van der Waals surface area (Å²) in [5, 5.41) is 80.5. The molecule has 14 rings (SSSR count). The third-order valence-corrected chi connectivity index (χ3v) is 24.3. The Morgan fingerprint density at radius 3 is 1.85 bits per heavy atom. The largest absolute Gasteiger partial charge is 0.514 e. The number of halogens is 2. The molecule has 4 aromatic heterocycles. The predicted molar refractivity (Wildman–Crippen MR) is 472 cm³/mol. The number of cyclic esters (lactones) is 1. The van der Waals surface area contributed by atoms with Crippen molar-refractivity contribution in [2.75, 3.05) is 76.8 Å². The van der Waals surface area contributed by atoms with E-state index in [-0.39, 0.29) is 146 Å². The van der Waals surface area contributed by atoms with Gasteiger partial charge in [-0.1, -0.05) is 52.5 Å². The molecule has 1 saturated heterocycles. The van der Waals surface area contributed by atoms with E-state index < -0.39 is 188 Å². The number of fused-ring (bicyclic) bond motifs is 10. The summed E-state index contributed by atoms with van der Waals surface area (Å²) in [6, 6.07) is 16.7. The minimum Gasteiger partial charge on any atom is -0.490 e. The quantitative estimate of drug-likeness (QED) is 0.00664. The fourth-order valence-electron chi connectivity index (χ4n) is 16.9. The molecule has 14 N–H and O–H groups in total. The third kappa shape index (κ3) is 20.4. The number of alkyl carbamates (subject to hydrolysis) is 1. The molecule has 4 aromatic carbocycles. The summed E-state index contributed by atoms with van der Waals surface area (Å²) in [7, 11) is 1.23. The van der Waals surface area contributed by atoms with Gasteiger partial charge in [-0.25, -0.2) is 37.9 Å². The number of aliphatic hydroxyl groups is 5. The lowest BCUT2D eigenvalue weighted by molar-refractivity contribution is -0.271. The molecular weight excluding hydrogens is 1790 g/mol. The number of hydrogen-bond donors (Lipinski definition) is 13. The zero-order chi connectivity index (χ0) is 97.6. The lowest BCUT2D eigenvalue weighted by Gasteiger charge is -2.38. The molecule has 0 saturated carbocycles. The number of nitrogens with one attached hydrogen (secondary N) is 6. The van der Waals surface area contributed by atoms with E-state index in [1.54, 1.807) is 26.0 Å². The van der Waals surface area contributed by atoms with Crippen LogP contribution in [0.3, 0.4) is 0 Å². The molecule has 136 heavy (non-hydrogen) atoms. The number of unbranched alkanes of at least 4 members (excludes halogenated alkanes) is 1. The maximum absolute atomic E-state index is 15.9. The van der Waals surface area contributed by atoms with Gasteiger partial charge in [0, 0.05) is 96.1 Å². The normalized spacial score (nSPS) is 19.0. The van der Waals surface area contributed by atoms with E-state index in [0.717, 1.165) is 39.6 Å². The molecule has 718 valence electrons. The van der Waals surface area contributed by atoms with Crippen molar-refractivity contribution in [3.63, 3.8) is 0 Å². The predicted octanol–water partition coefficient (Wildman–Crippen LogP) is 2.61. The number of aryl methyl sites for hydroxylation is 2. The minimum atomic E-state index is -2.11. The first-order valence-corrected chi connectivity index (χ1v) is 43.6. The van der Waals surface area contributed by atoms with Crippen LogP contribution in [0.15, 0.2) is 113 Å². The van der Waals surface area contributed by atoms with Crippen molar-refractivity contribution in [3.8, 4) is 40.0 Å². The van der Waals surface area contributed by atoms with E-state index in [0.29, 0.717) is 87.0 Å². The molecule has 0 spiro atoms. The van der Waals surface area contributed by atoms with Gasteiger partial charge >= 0.3 is 24.2 Å². The van der Waals surface area contributed by atoms with Crippen LogP contribution in [0, 0.1) is 11.6 Å². The fourth-order valence-corrected chi connectivity index (χ4v) is 16.9. The van der Waals surface area contributed by atoms with Crippen molar-refractivity contribution >= 4 is 105 Å². The average molecular weight is 1890 g/mol. The van der Waals surface area contributed by atoms with Crippen molar-refractivity contribution in [2.45, 2.75) is 167 Å². The molecule has 0 unspecified atom stereocenters. The number of carbonyl (C=O) groups is 12. The van der Waals surface area contributed by atoms with Gasteiger partial charge in [0.15, 0.2) is 41.6 Å². The number of likely N-dealkylation sites (N-methyl/N-ethyl adjacent to an activating group) is 1. The van der Waals surface area contributed by atoms with E-state index in [2.05, 4.69) is 38.5 Å². The molecule has 8 atom stereocenters. The Hall–Kier alpha value is -14.5. The summed E-state index contributed by atoms with van der Waals surface area (Å²) in [5.41, 5.74) is 7.31. The van der Waals surface area contributed by atoms with Crippen LogP contribution in [0.2, 0.25) is 0 Å². The van der Waals surface area contributed by atoms with Gasteiger partial charge in [-0.2, -0.15) is 0 Å². The van der Waals surface area contributed by atoms with Crippen molar-refractivity contribution < 1.29 is 135 Å². The number of aromatic nitrogens is 4. The van der Waals surface area contributed by atoms with Crippen LogP contribution in [0.4, 0.5) is 29.7 Å². The van der Waals surface area contributed by atoms with Crippen LogP contribution in [0.5, 0.6) is 17.2 Å². The Morgan fingerprint density at radius 1 is 0.654 bits per heavy atom. The topological polar surface area (TPSA) is 578 Å². The number of nitrogens with two attached hydrogens (primary N) is 1. The average Bonchev–Trinajstić information content (AvgIpc) is 1.51. The Labute approximate surface area is 771 Å². The van der Waals surface area contributed by atoms with Gasteiger partial charge in [-0.3, -0.25) is 63.1 Å². The Kier molecular flexibility index (Phi) is 29.5. The molecule has 8 aromatic rings. The second kappa shape index (κ2) is 41.1. The summed E-state index contributed by atoms with van der Waals surface area (Å²) in [6.45, 7) is 5.93. The van der Waals surface area contributed by atoms with E-state index in [4.69, 9.17) is 53.6 Å². The third-order valence-electron chi connectivity index (χ3n) is 24.3. The number of nitrogens with zero attached hydrogens (tertiary/aromatic N) is 7. The van der Waals surface area contributed by atoms with Gasteiger partial charge < -0.3 is 115 Å². The molecule has 0 bridgehead atoms. The fraction of sp³-hybridized carbons (Fsp3) is 0.391. The van der Waals surface area contributed by atoms with Gasteiger partial charge in [0.2, 0.25) is 41.7 Å². The van der Waals surface area contributed by atoms with Crippen molar-refractivity contribution in [1.82, 2.24) is 55.1 Å². The first-order chi connectivity index (χ1) is 65.0. The molecule has 0 aliphatic carbocycles. The number of aliphatic carboxylic acids is 1. The SMILES string of the molecule is C=C1OCc2c(cc3n(c2=O)Cc2c-3nc3cc(F)c(OCNC(=O)OCc4ccc(O[C@@H]5O[C@H](C(=O)O)[C@@H](O)[C@H](O)[C@H]5O)c(NC(=O)CN(C)C(=O)CCNC(=O)CN(CCN5C(=O)C=CC5=O)CC(=O)NCC(=O)N[C@@H](CCCCN)C(=O)Nc5ccc(COC(=O)Oc6cc7c(CC)c8c(nc7cc6F)-c6cc7c(c(=O)n6C8)COC(=O)[C@]7(O)CC)cc5)c4)cc3c2CC)[C@@]1(O)CC. The molecule has 10 heterocycles. The molecule has 6 aliphatic heterocycles. The number of pyridine rings is 4. The van der Waals surface area contributed by atoms with Crippen LogP contribution in [0.1, 0.15) is 122 Å². The lowest BCUT2D eigenvalue weighted by Crippen LogP contribution is -2.61. The lowest BCUT2D eigenvalue weighted by atomic mass is 9.84. The first kappa shape index (κ1) is 97.5. The maximum atomic E-state index is 15.9. The molecule has 44 heteroatoms. The minimum absolute atomic E-state index is 0.0620. The molecular formula is C92H98F2N14O28. The number of carbonyl (C=O) groups excluding carboxylic acids is 11. The highest BCUT2D eigenvalue weighted by atomic mass is 19.1. The highest BCUT2D eigenvalue weighted by Gasteiger charge is 2.50. The summed E-state index contributed by atoms with van der Waals surface area (Å²) < 4.78 is 78.4. The Morgan fingerprint density at radius 2 is 1.24 bits per heavy atom. The molecule has 42 nitrogen and oxygen atoms in total. The highest BCUT2D eigenvalue weighted by molar-refractivity contribution is 6.13. The number of ether oxygens (including phenoxy) is 8. The van der Waals surface area contributed by atoms with Crippen LogP contribution in [0.25, 0.3) is 44.6 Å². The second-order valence-corrected chi connectivity index (χ2v) is 33.0. The molecule has 6 aliphatic rings. The van der Waals surface area contributed by atoms with Crippen LogP contribution in [-0.2, 0) is 135 Å². The summed E-state index contributed by atoms with van der Waals surface area (Å²) in [4.78, 5) is 198. The molecule has 0 radical (unpaired) electrons. The molecule has 1 fully saturated rings. The smallest absolute Gasteiger partial charge is 0.490 e. The van der Waals surface area contributed by atoms with Gasteiger partial charge in [0.25, 0.3) is 22.9 Å². The van der Waals surface area contributed by atoms with Gasteiger partial charge in [0.05, 0.1) is 89.9 Å². The number of carboxylic acid groups (broad SMARTS) is 1. The highest BCUT2D eigenvalue weighted by Crippen LogP contribution is 2.46. The number of carboxylic acids is 1. The second-order valence-electron chi connectivity index (χ2n) is 33.0. The number of anilines is 2. The summed E-state index contributed by atoms with van der Waals surface area (Å²) in [6.07, 6.45) is -9.27. The van der Waals surface area contributed by atoms with E-state index in [9.17, 15) is 97.8 Å². The Balaban J connectivity index is 0.546. The monoisotopic (exact) mass is 1880 g/mol. The van der Waals surface area contributed by atoms with Crippen molar-refractivity contribution in [1.29, 1.82) is 0 Å². The maximum Gasteiger partial charge on any atom is 0.514 e. The van der Waals surface area contributed by atoms with Gasteiger partial charge in [-0.05, 0) is 122 Å². The van der Waals surface area contributed by atoms with Crippen LogP contribution in [-0.4, -0.2) is 239 Å². The first-order valence-electron chi connectivity index (χ1n) is 43.6. The number of esters is 1. The number of benzene rings is 4. The van der Waals surface area contributed by atoms with Crippen LogP contribution >= 0.6 is 0 Å². The van der Waals surface area contributed by atoms with Gasteiger partial charge in [0.1, 0.15) is 67.9 Å². The number of imide groups is 1. The van der Waals surface area contributed by atoms with Crippen LogP contribution < -0.4 is 63.0 Å². The van der Waals surface area contributed by atoms with Crippen molar-refractivity contribution in [3.05, 3.63) is 191 Å². The number of rotatable bonds is 37. The van der Waals surface area contributed by atoms with E-state index in [1.165, 1.54) is 75.7 Å². The van der Waals surface area contributed by atoms with Crippen molar-refractivity contribution in [2.24, 2.45) is 5.73 Å².